The van der Waals surface area contributed by atoms with Gasteiger partial charge in [0, 0.05) is 18.5 Å². The molecule has 0 aromatic heterocycles. The zero-order chi connectivity index (χ0) is 20.0. The third kappa shape index (κ3) is 3.34. The van der Waals surface area contributed by atoms with E-state index >= 15 is 0 Å². The molecule has 152 valence electrons. The van der Waals surface area contributed by atoms with Crippen LogP contribution in [0.5, 0.6) is 5.75 Å². The summed E-state index contributed by atoms with van der Waals surface area (Å²) in [5, 5.41) is 3.36. The molecule has 29 heavy (non-hydrogen) atoms. The van der Waals surface area contributed by atoms with Crippen LogP contribution in [0.15, 0.2) is 53.5 Å². The van der Waals surface area contributed by atoms with Gasteiger partial charge >= 0.3 is 0 Å². The van der Waals surface area contributed by atoms with Crippen molar-refractivity contribution in [3.63, 3.8) is 0 Å². The summed E-state index contributed by atoms with van der Waals surface area (Å²) in [7, 11) is 1.70. The molecule has 1 N–H and O–H groups in total. The molecule has 3 atom stereocenters. The minimum absolute atomic E-state index is 0.0998. The largest absolute Gasteiger partial charge is 0.497 e. The van der Waals surface area contributed by atoms with Crippen molar-refractivity contribution < 1.29 is 9.53 Å². The van der Waals surface area contributed by atoms with Crippen molar-refractivity contribution >= 4 is 23.2 Å². The molecule has 1 amide bonds. The van der Waals surface area contributed by atoms with E-state index in [1.165, 1.54) is 31.5 Å². The van der Waals surface area contributed by atoms with Gasteiger partial charge in [-0.05, 0) is 62.0 Å². The molecule has 1 aromatic rings. The van der Waals surface area contributed by atoms with E-state index in [-0.39, 0.29) is 16.6 Å². The van der Waals surface area contributed by atoms with E-state index in [0.29, 0.717) is 12.0 Å². The number of fused-ring (bicyclic) bond motifs is 4. The number of nitrogens with zero attached hydrogens (tertiary/aromatic N) is 1. The van der Waals surface area contributed by atoms with Crippen LogP contribution in [0, 0.1) is 11.8 Å². The topological polar surface area (TPSA) is 41.6 Å². The van der Waals surface area contributed by atoms with Crippen LogP contribution in [-0.2, 0) is 4.79 Å². The number of hydrogen-bond acceptors (Lipinski definition) is 4. The first-order valence-corrected chi connectivity index (χ1v) is 11.4. The van der Waals surface area contributed by atoms with E-state index in [1.807, 2.05) is 12.1 Å². The van der Waals surface area contributed by atoms with Crippen molar-refractivity contribution in [2.75, 3.05) is 26.7 Å². The number of thioether (sulfide) groups is 1. The van der Waals surface area contributed by atoms with Crippen LogP contribution in [0.25, 0.3) is 5.57 Å². The highest BCUT2D eigenvalue weighted by molar-refractivity contribution is 8.06. The van der Waals surface area contributed by atoms with E-state index in [0.717, 1.165) is 22.8 Å². The molecule has 6 rings (SSSR count). The molecule has 2 unspecified atom stereocenters. The lowest BCUT2D eigenvalue weighted by Crippen LogP contribution is -2.57. The fourth-order valence-corrected chi connectivity index (χ4v) is 6.63. The number of benzene rings is 1. The number of allylic oxidation sites excluding steroid dienone is 4. The number of rotatable bonds is 4. The maximum atomic E-state index is 13.1. The van der Waals surface area contributed by atoms with E-state index in [2.05, 4.69) is 53.6 Å². The molecule has 0 spiro atoms. The van der Waals surface area contributed by atoms with Crippen LogP contribution in [0.1, 0.15) is 25.3 Å². The van der Waals surface area contributed by atoms with E-state index in [1.54, 1.807) is 18.9 Å². The normalized spacial score (nSPS) is 35.0. The zero-order valence-corrected chi connectivity index (χ0v) is 17.9. The average Bonchev–Trinajstić information content (AvgIpc) is 3.12. The molecular formula is C24H28N2O2S. The van der Waals surface area contributed by atoms with Gasteiger partial charge in [0.1, 0.15) is 5.75 Å². The molecule has 5 aliphatic rings. The molecule has 0 saturated carbocycles. The SMILES string of the molecule is COc1cccc(C2=CC=CC3C=C(C(=O)N[C@H]4CN5CCC4CC5)SC23C)c1. The number of methoxy groups -OCH3 is 1. The lowest BCUT2D eigenvalue weighted by molar-refractivity contribution is -0.118. The molecule has 1 aromatic carbocycles. The summed E-state index contributed by atoms with van der Waals surface area (Å²) in [5.74, 6) is 1.81. The molecule has 4 nitrogen and oxygen atoms in total. The van der Waals surface area contributed by atoms with Gasteiger partial charge in [-0.2, -0.15) is 0 Å². The maximum absolute atomic E-state index is 13.1. The molecule has 4 heterocycles. The van der Waals surface area contributed by atoms with Gasteiger partial charge in [-0.15, -0.1) is 11.8 Å². The number of carbonyl (C=O) groups is 1. The fraction of sp³-hybridized carbons (Fsp3) is 0.458. The first kappa shape index (κ1) is 19.0. The summed E-state index contributed by atoms with van der Waals surface area (Å²) >= 11 is 1.71. The van der Waals surface area contributed by atoms with E-state index in [9.17, 15) is 4.79 Å². The summed E-state index contributed by atoms with van der Waals surface area (Å²) in [5.41, 5.74) is 2.40. The van der Waals surface area contributed by atoms with E-state index in [4.69, 9.17) is 4.74 Å². The molecule has 1 aliphatic carbocycles. The average molecular weight is 409 g/mol. The third-order valence-electron chi connectivity index (χ3n) is 6.98. The summed E-state index contributed by atoms with van der Waals surface area (Å²) in [6, 6.07) is 8.50. The van der Waals surface area contributed by atoms with Gasteiger partial charge in [0.05, 0.1) is 16.8 Å². The van der Waals surface area contributed by atoms with Crippen LogP contribution in [0.4, 0.5) is 0 Å². The van der Waals surface area contributed by atoms with Crippen molar-refractivity contribution in [1.29, 1.82) is 0 Å². The van der Waals surface area contributed by atoms with Gasteiger partial charge in [-0.25, -0.2) is 0 Å². The minimum atomic E-state index is -0.178. The molecule has 2 bridgehead atoms. The van der Waals surface area contributed by atoms with Crippen molar-refractivity contribution in [2.24, 2.45) is 11.8 Å². The van der Waals surface area contributed by atoms with Crippen LogP contribution in [-0.4, -0.2) is 48.3 Å². The zero-order valence-electron chi connectivity index (χ0n) is 17.1. The Morgan fingerprint density at radius 2 is 2.14 bits per heavy atom. The number of hydrogen-bond donors (Lipinski definition) is 1. The summed E-state index contributed by atoms with van der Waals surface area (Å²) in [4.78, 5) is 16.5. The summed E-state index contributed by atoms with van der Waals surface area (Å²) in [6.07, 6.45) is 11.1. The molecule has 4 aliphatic heterocycles. The van der Waals surface area contributed by atoms with Crippen LogP contribution in [0.2, 0.25) is 0 Å². The predicted octanol–water partition coefficient (Wildman–Crippen LogP) is 3.86. The highest BCUT2D eigenvalue weighted by Gasteiger charge is 2.45. The molecule has 5 heteroatoms. The number of ether oxygens (including phenoxy) is 1. The van der Waals surface area contributed by atoms with Gasteiger partial charge in [0.15, 0.2) is 0 Å². The highest BCUT2D eigenvalue weighted by Crippen LogP contribution is 2.55. The van der Waals surface area contributed by atoms with Gasteiger partial charge in [0.25, 0.3) is 5.91 Å². The van der Waals surface area contributed by atoms with Gasteiger partial charge < -0.3 is 15.0 Å². The summed E-state index contributed by atoms with van der Waals surface area (Å²) in [6.45, 7) is 5.63. The van der Waals surface area contributed by atoms with Crippen molar-refractivity contribution in [2.45, 2.75) is 30.6 Å². The Morgan fingerprint density at radius 3 is 2.86 bits per heavy atom. The van der Waals surface area contributed by atoms with Crippen LogP contribution in [0.3, 0.4) is 0 Å². The van der Waals surface area contributed by atoms with E-state index < -0.39 is 0 Å². The highest BCUT2D eigenvalue weighted by atomic mass is 32.2. The van der Waals surface area contributed by atoms with Gasteiger partial charge in [0.2, 0.25) is 0 Å². The molecule has 0 radical (unpaired) electrons. The standard InChI is InChI=1S/C24H28N2O2S/c1-24-18(6-4-8-20(24)17-5-3-7-19(13-17)28-2)14-22(29-24)23(27)25-21-15-26-11-9-16(21)10-12-26/h3-8,13-14,16,18,21H,9-12,15H2,1-2H3,(H,25,27)/t18?,21-,24?/m0/s1. The Labute approximate surface area is 177 Å². The monoisotopic (exact) mass is 408 g/mol. The van der Waals surface area contributed by atoms with Crippen molar-refractivity contribution in [3.05, 3.63) is 59.0 Å². The van der Waals surface area contributed by atoms with Crippen molar-refractivity contribution in [1.82, 2.24) is 10.2 Å². The second-order valence-corrected chi connectivity index (χ2v) is 10.2. The van der Waals surface area contributed by atoms with Crippen molar-refractivity contribution in [3.8, 4) is 5.75 Å². The Morgan fingerprint density at radius 1 is 1.31 bits per heavy atom. The van der Waals surface area contributed by atoms with Gasteiger partial charge in [-0.3, -0.25) is 4.79 Å². The predicted molar refractivity (Wildman–Crippen MR) is 119 cm³/mol. The maximum Gasteiger partial charge on any atom is 0.257 e. The molecular weight excluding hydrogens is 380 g/mol. The third-order valence-corrected chi connectivity index (χ3v) is 8.44. The lowest BCUT2D eigenvalue weighted by Gasteiger charge is -2.45. The smallest absolute Gasteiger partial charge is 0.257 e. The second kappa shape index (κ2) is 7.37. The Kier molecular flexibility index (Phi) is 4.83. The lowest BCUT2D eigenvalue weighted by atomic mass is 9.79. The Bertz CT molecular complexity index is 913. The Balaban J connectivity index is 1.35. The number of piperidine rings is 3. The summed E-state index contributed by atoms with van der Waals surface area (Å²) < 4.78 is 5.25. The number of nitrogens with one attached hydrogen (secondary N) is 1. The first-order valence-electron chi connectivity index (χ1n) is 10.5. The second-order valence-electron chi connectivity index (χ2n) is 8.68. The number of carbonyl (C=O) groups excluding carboxylic acids is 1. The molecule has 3 fully saturated rings. The quantitative estimate of drug-likeness (QED) is 0.821. The molecule has 3 saturated heterocycles. The minimum Gasteiger partial charge on any atom is -0.497 e. The number of amides is 1. The fourth-order valence-electron chi connectivity index (χ4n) is 5.23. The van der Waals surface area contributed by atoms with Crippen LogP contribution < -0.4 is 10.1 Å². The Hall–Kier alpha value is -1.98. The first-order chi connectivity index (χ1) is 14.1. The van der Waals surface area contributed by atoms with Crippen LogP contribution >= 0.6 is 11.8 Å². The van der Waals surface area contributed by atoms with Gasteiger partial charge in [-0.1, -0.05) is 36.4 Å².